The van der Waals surface area contributed by atoms with Crippen molar-refractivity contribution < 1.29 is 27.1 Å². The van der Waals surface area contributed by atoms with Crippen LogP contribution in [0, 0.1) is 5.82 Å². The maximum absolute atomic E-state index is 13.1. The fourth-order valence-corrected chi connectivity index (χ4v) is 1.06. The molecule has 1 aromatic carbocycles. The second kappa shape index (κ2) is 4.38. The van der Waals surface area contributed by atoms with E-state index in [1.807, 2.05) is 0 Å². The molecular formula is C9H7F4NO2. The van der Waals surface area contributed by atoms with Crippen molar-refractivity contribution in [2.75, 3.05) is 0 Å². The minimum atomic E-state index is -4.95. The third-order valence-corrected chi connectivity index (χ3v) is 1.60. The van der Waals surface area contributed by atoms with Crippen LogP contribution >= 0.6 is 0 Å². The van der Waals surface area contributed by atoms with Gasteiger partial charge in [0.15, 0.2) is 11.6 Å². The summed E-state index contributed by atoms with van der Waals surface area (Å²) in [6.07, 6.45) is -5.20. The number of primary amides is 1. The molecule has 3 nitrogen and oxygen atoms in total. The van der Waals surface area contributed by atoms with Crippen molar-refractivity contribution in [3.8, 4) is 5.75 Å². The number of hydrogen-bond donors (Lipinski definition) is 1. The van der Waals surface area contributed by atoms with E-state index in [4.69, 9.17) is 5.73 Å². The van der Waals surface area contributed by atoms with Crippen LogP contribution in [0.5, 0.6) is 5.75 Å². The van der Waals surface area contributed by atoms with Crippen LogP contribution in [-0.2, 0) is 11.2 Å². The van der Waals surface area contributed by atoms with Gasteiger partial charge in [0.1, 0.15) is 0 Å². The average molecular weight is 237 g/mol. The summed E-state index contributed by atoms with van der Waals surface area (Å²) in [6, 6.07) is 2.70. The molecule has 0 aliphatic heterocycles. The molecule has 0 fully saturated rings. The summed E-state index contributed by atoms with van der Waals surface area (Å²) in [6.45, 7) is 0. The van der Waals surface area contributed by atoms with E-state index in [0.29, 0.717) is 0 Å². The number of carbonyl (C=O) groups excluding carboxylic acids is 1. The van der Waals surface area contributed by atoms with Gasteiger partial charge in [0.25, 0.3) is 0 Å². The van der Waals surface area contributed by atoms with Crippen molar-refractivity contribution in [1.82, 2.24) is 0 Å². The van der Waals surface area contributed by atoms with Gasteiger partial charge in [-0.2, -0.15) is 0 Å². The molecule has 0 saturated heterocycles. The zero-order valence-electron chi connectivity index (χ0n) is 7.84. The van der Waals surface area contributed by atoms with Crippen LogP contribution in [0.3, 0.4) is 0 Å². The van der Waals surface area contributed by atoms with E-state index < -0.39 is 23.8 Å². The fraction of sp³-hybridized carbons (Fsp3) is 0.222. The second-order valence-corrected chi connectivity index (χ2v) is 2.96. The SMILES string of the molecule is NC(=O)Cc1ccc(OC(F)(F)F)c(F)c1. The highest BCUT2D eigenvalue weighted by Gasteiger charge is 2.32. The fourth-order valence-electron chi connectivity index (χ4n) is 1.06. The summed E-state index contributed by atoms with van der Waals surface area (Å²) in [5.41, 5.74) is 5.02. The molecule has 1 aromatic rings. The molecule has 7 heteroatoms. The lowest BCUT2D eigenvalue weighted by atomic mass is 10.1. The van der Waals surface area contributed by atoms with Gasteiger partial charge < -0.3 is 10.5 Å². The van der Waals surface area contributed by atoms with E-state index in [1.165, 1.54) is 0 Å². The van der Waals surface area contributed by atoms with E-state index in [9.17, 15) is 22.4 Å². The number of amides is 1. The summed E-state index contributed by atoms with van der Waals surface area (Å²) in [4.78, 5) is 10.5. The van der Waals surface area contributed by atoms with Crippen molar-refractivity contribution in [2.45, 2.75) is 12.8 Å². The second-order valence-electron chi connectivity index (χ2n) is 2.96. The third kappa shape index (κ3) is 3.76. The van der Waals surface area contributed by atoms with Crippen molar-refractivity contribution in [3.05, 3.63) is 29.6 Å². The predicted octanol–water partition coefficient (Wildman–Crippen LogP) is 1.75. The maximum atomic E-state index is 13.1. The van der Waals surface area contributed by atoms with E-state index in [2.05, 4.69) is 4.74 Å². The van der Waals surface area contributed by atoms with Crippen LogP contribution in [0.1, 0.15) is 5.56 Å². The monoisotopic (exact) mass is 237 g/mol. The van der Waals surface area contributed by atoms with Gasteiger partial charge in [-0.15, -0.1) is 13.2 Å². The van der Waals surface area contributed by atoms with Crippen molar-refractivity contribution in [1.29, 1.82) is 0 Å². The number of nitrogens with two attached hydrogens (primary N) is 1. The highest BCUT2D eigenvalue weighted by atomic mass is 19.4. The first-order chi connectivity index (χ1) is 7.28. The van der Waals surface area contributed by atoms with Gasteiger partial charge in [0, 0.05) is 0 Å². The minimum absolute atomic E-state index is 0.180. The summed E-state index contributed by atoms with van der Waals surface area (Å²) in [7, 11) is 0. The molecule has 0 saturated carbocycles. The molecule has 2 N–H and O–H groups in total. The first-order valence-corrected chi connectivity index (χ1v) is 4.10. The van der Waals surface area contributed by atoms with E-state index in [1.54, 1.807) is 0 Å². The quantitative estimate of drug-likeness (QED) is 0.814. The number of halogens is 4. The molecule has 0 atom stereocenters. The van der Waals surface area contributed by atoms with Gasteiger partial charge >= 0.3 is 6.36 Å². The first kappa shape index (κ1) is 12.3. The largest absolute Gasteiger partial charge is 0.573 e. The Bertz CT molecular complexity index is 403. The smallest absolute Gasteiger partial charge is 0.403 e. The van der Waals surface area contributed by atoms with Gasteiger partial charge in [0.05, 0.1) is 6.42 Å². The minimum Gasteiger partial charge on any atom is -0.403 e. The van der Waals surface area contributed by atoms with Gasteiger partial charge in [-0.05, 0) is 17.7 Å². The normalized spacial score (nSPS) is 11.2. The molecule has 0 bridgehead atoms. The molecule has 0 radical (unpaired) electrons. The molecule has 88 valence electrons. The van der Waals surface area contributed by atoms with Crippen molar-refractivity contribution >= 4 is 5.91 Å². The average Bonchev–Trinajstić information content (AvgIpc) is 2.06. The Morgan fingerprint density at radius 3 is 2.44 bits per heavy atom. The molecule has 0 spiro atoms. The third-order valence-electron chi connectivity index (χ3n) is 1.60. The van der Waals surface area contributed by atoms with Crippen LogP contribution in [0.25, 0.3) is 0 Å². The lowest BCUT2D eigenvalue weighted by molar-refractivity contribution is -0.275. The number of benzene rings is 1. The number of ether oxygens (including phenoxy) is 1. The molecule has 16 heavy (non-hydrogen) atoms. The number of alkyl halides is 3. The standard InChI is InChI=1S/C9H7F4NO2/c10-6-3-5(4-8(14)15)1-2-7(6)16-9(11,12)13/h1-3H,4H2,(H2,14,15). The van der Waals surface area contributed by atoms with Gasteiger partial charge in [-0.3, -0.25) is 4.79 Å². The molecule has 1 amide bonds. The van der Waals surface area contributed by atoms with Crippen LogP contribution in [0.15, 0.2) is 18.2 Å². The highest BCUT2D eigenvalue weighted by Crippen LogP contribution is 2.26. The zero-order valence-corrected chi connectivity index (χ0v) is 7.84. The van der Waals surface area contributed by atoms with Gasteiger partial charge in [0.2, 0.25) is 5.91 Å². The topological polar surface area (TPSA) is 52.3 Å². The van der Waals surface area contributed by atoms with Crippen LogP contribution in [-0.4, -0.2) is 12.3 Å². The Morgan fingerprint density at radius 1 is 1.38 bits per heavy atom. The molecule has 1 rings (SSSR count). The number of rotatable bonds is 3. The summed E-state index contributed by atoms with van der Waals surface area (Å²) in [5, 5.41) is 0. The molecule has 0 aliphatic carbocycles. The van der Waals surface area contributed by atoms with Crippen LogP contribution in [0.4, 0.5) is 17.6 Å². The first-order valence-electron chi connectivity index (χ1n) is 4.10. The Hall–Kier alpha value is -1.79. The summed E-state index contributed by atoms with van der Waals surface area (Å²) in [5.74, 6) is -2.85. The molecule has 0 heterocycles. The van der Waals surface area contributed by atoms with E-state index >= 15 is 0 Å². The van der Waals surface area contributed by atoms with Crippen molar-refractivity contribution in [3.63, 3.8) is 0 Å². The van der Waals surface area contributed by atoms with E-state index in [0.717, 1.165) is 18.2 Å². The maximum Gasteiger partial charge on any atom is 0.573 e. The molecule has 0 aliphatic rings. The van der Waals surface area contributed by atoms with Gasteiger partial charge in [-0.1, -0.05) is 6.07 Å². The Morgan fingerprint density at radius 2 is 2.00 bits per heavy atom. The summed E-state index contributed by atoms with van der Waals surface area (Å²) < 4.78 is 51.8. The number of hydrogen-bond acceptors (Lipinski definition) is 2. The number of carbonyl (C=O) groups is 1. The van der Waals surface area contributed by atoms with Crippen LogP contribution < -0.4 is 10.5 Å². The van der Waals surface area contributed by atoms with Gasteiger partial charge in [-0.25, -0.2) is 4.39 Å². The Labute approximate surface area is 87.8 Å². The summed E-state index contributed by atoms with van der Waals surface area (Å²) >= 11 is 0. The zero-order chi connectivity index (χ0) is 12.3. The molecular weight excluding hydrogens is 230 g/mol. The molecule has 0 unspecified atom stereocenters. The van der Waals surface area contributed by atoms with Crippen LogP contribution in [0.2, 0.25) is 0 Å². The van der Waals surface area contributed by atoms with E-state index in [-0.39, 0.29) is 12.0 Å². The van der Waals surface area contributed by atoms with Crippen molar-refractivity contribution in [2.24, 2.45) is 5.73 Å². The molecule has 0 aromatic heterocycles. The Balaban J connectivity index is 2.87. The lowest BCUT2D eigenvalue weighted by Crippen LogP contribution is -2.18. The highest BCUT2D eigenvalue weighted by molar-refractivity contribution is 5.76. The lowest BCUT2D eigenvalue weighted by Gasteiger charge is -2.10. The Kier molecular flexibility index (Phi) is 3.36. The predicted molar refractivity (Wildman–Crippen MR) is 46.0 cm³/mol.